The summed E-state index contributed by atoms with van der Waals surface area (Å²) in [6.07, 6.45) is 6.71. The number of fused-ring (bicyclic) bond motifs is 8. The van der Waals surface area contributed by atoms with E-state index in [0.29, 0.717) is 0 Å². The van der Waals surface area contributed by atoms with Crippen molar-refractivity contribution < 1.29 is 4.74 Å². The number of hydrogen-bond acceptors (Lipinski definition) is 1. The van der Waals surface area contributed by atoms with Crippen LogP contribution in [0.1, 0.15) is 50.1 Å². The van der Waals surface area contributed by atoms with Gasteiger partial charge in [-0.25, -0.2) is 0 Å². The normalized spacial score (nSPS) is 14.9. The van der Waals surface area contributed by atoms with Gasteiger partial charge in [0.15, 0.2) is 5.60 Å². The van der Waals surface area contributed by atoms with Gasteiger partial charge in [-0.2, -0.15) is 0 Å². The largest absolute Gasteiger partial charge is 0.472 e. The molecule has 0 amide bonds. The second kappa shape index (κ2) is 8.46. The molecule has 1 aliphatic carbocycles. The Morgan fingerprint density at radius 3 is 1.89 bits per heavy atom. The molecule has 0 unspecified atom stereocenters. The van der Waals surface area contributed by atoms with Crippen LogP contribution in [-0.2, 0) is 18.4 Å². The first-order chi connectivity index (χ1) is 18.4. The van der Waals surface area contributed by atoms with Gasteiger partial charge in [0.1, 0.15) is 5.75 Å². The van der Waals surface area contributed by atoms with E-state index in [1.807, 2.05) is 0 Å². The zero-order valence-corrected chi connectivity index (χ0v) is 22.6. The predicted octanol–water partition coefficient (Wildman–Crippen LogP) is 9.19. The quantitative estimate of drug-likeness (QED) is 0.239. The summed E-state index contributed by atoms with van der Waals surface area (Å²) in [7, 11) is 0. The molecule has 2 aliphatic rings. The van der Waals surface area contributed by atoms with Crippen molar-refractivity contribution >= 4 is 16.8 Å². The highest BCUT2D eigenvalue weighted by Crippen LogP contribution is 2.51. The lowest BCUT2D eigenvalue weighted by Crippen LogP contribution is -2.34. The Bertz CT molecular complexity index is 1710. The molecule has 1 heterocycles. The summed E-state index contributed by atoms with van der Waals surface area (Å²) in [5.74, 6) is 1.00. The van der Waals surface area contributed by atoms with Crippen molar-refractivity contribution in [3.8, 4) is 16.9 Å². The molecule has 0 N–H and O–H groups in total. The Balaban J connectivity index is 1.53. The summed E-state index contributed by atoms with van der Waals surface area (Å²) in [5, 5.41) is 2.48. The van der Waals surface area contributed by atoms with Crippen LogP contribution < -0.4 is 4.74 Å². The topological polar surface area (TPSA) is 9.23 Å². The van der Waals surface area contributed by atoms with E-state index in [1.165, 1.54) is 60.8 Å². The number of benzene rings is 5. The third-order valence-electron chi connectivity index (χ3n) is 8.44. The molecule has 0 bridgehead atoms. The van der Waals surface area contributed by atoms with Gasteiger partial charge < -0.3 is 4.74 Å². The minimum atomic E-state index is -0.691. The number of ether oxygens (including phenoxy) is 1. The van der Waals surface area contributed by atoms with Crippen molar-refractivity contribution in [2.75, 3.05) is 0 Å². The molecule has 1 nitrogen and oxygen atoms in total. The van der Waals surface area contributed by atoms with Crippen molar-refractivity contribution in [3.63, 3.8) is 0 Å². The number of rotatable bonds is 2. The molecule has 0 atom stereocenters. The summed E-state index contributed by atoms with van der Waals surface area (Å²) in [5.41, 5.74) is 13.5. The molecule has 0 fully saturated rings. The second-order valence-electron chi connectivity index (χ2n) is 11.2. The molecule has 38 heavy (non-hydrogen) atoms. The van der Waals surface area contributed by atoms with Crippen LogP contribution in [0.5, 0.6) is 5.75 Å². The molecule has 5 aromatic rings. The van der Waals surface area contributed by atoms with Gasteiger partial charge in [-0.15, -0.1) is 0 Å². The zero-order chi connectivity index (χ0) is 26.0. The smallest absolute Gasteiger partial charge is 0.178 e. The lowest BCUT2D eigenvalue weighted by atomic mass is 9.77. The fourth-order valence-electron chi connectivity index (χ4n) is 6.40. The van der Waals surface area contributed by atoms with Crippen molar-refractivity contribution in [2.24, 2.45) is 0 Å². The molecule has 7 rings (SSSR count). The highest BCUT2D eigenvalue weighted by Gasteiger charge is 2.39. The van der Waals surface area contributed by atoms with Gasteiger partial charge in [-0.05, 0) is 80.3 Å². The lowest BCUT2D eigenvalue weighted by Gasteiger charge is -2.38. The molecule has 0 spiro atoms. The van der Waals surface area contributed by atoms with E-state index in [2.05, 4.69) is 125 Å². The van der Waals surface area contributed by atoms with Crippen molar-refractivity contribution in [2.45, 2.75) is 46.1 Å². The Labute approximate surface area is 225 Å². The van der Waals surface area contributed by atoms with E-state index in [-0.39, 0.29) is 0 Å². The second-order valence-corrected chi connectivity index (χ2v) is 11.2. The Morgan fingerprint density at radius 2 is 1.21 bits per heavy atom. The van der Waals surface area contributed by atoms with Crippen LogP contribution in [0.4, 0.5) is 0 Å². The van der Waals surface area contributed by atoms with Crippen LogP contribution in [0.2, 0.25) is 0 Å². The predicted molar refractivity (Wildman–Crippen MR) is 159 cm³/mol. The molecule has 5 aromatic carbocycles. The van der Waals surface area contributed by atoms with Crippen molar-refractivity contribution in [1.82, 2.24) is 0 Å². The summed E-state index contributed by atoms with van der Waals surface area (Å²) in [6.45, 7) is 8.64. The molecule has 0 aromatic heterocycles. The van der Waals surface area contributed by atoms with E-state index in [1.54, 1.807) is 0 Å². The molecule has 0 saturated heterocycles. The fourth-order valence-corrected chi connectivity index (χ4v) is 6.40. The van der Waals surface area contributed by atoms with Gasteiger partial charge in [0.2, 0.25) is 0 Å². The monoisotopic (exact) mass is 492 g/mol. The van der Waals surface area contributed by atoms with E-state index >= 15 is 0 Å². The molecular weight excluding hydrogens is 460 g/mol. The maximum Gasteiger partial charge on any atom is 0.178 e. The van der Waals surface area contributed by atoms with E-state index in [4.69, 9.17) is 4.74 Å². The summed E-state index contributed by atoms with van der Waals surface area (Å²) in [6, 6.07) is 31.4. The van der Waals surface area contributed by atoms with Crippen molar-refractivity contribution in [1.29, 1.82) is 0 Å². The van der Waals surface area contributed by atoms with E-state index in [9.17, 15) is 0 Å². The molecule has 0 radical (unpaired) electrons. The molecular formula is C37H32O. The minimum absolute atomic E-state index is 0.691. The fraction of sp³-hybridized carbons (Fsp3) is 0.189. The van der Waals surface area contributed by atoms with Crippen LogP contribution >= 0.6 is 0 Å². The van der Waals surface area contributed by atoms with Gasteiger partial charge in [-0.1, -0.05) is 107 Å². The van der Waals surface area contributed by atoms with E-state index < -0.39 is 5.60 Å². The average molecular weight is 493 g/mol. The first kappa shape index (κ1) is 23.0. The average Bonchev–Trinajstić information content (AvgIpc) is 2.93. The number of aryl methyl sites for hydroxylation is 5. The highest BCUT2D eigenvalue weighted by molar-refractivity contribution is 6.06. The van der Waals surface area contributed by atoms with Crippen LogP contribution in [0.25, 0.3) is 28.0 Å². The van der Waals surface area contributed by atoms with Crippen LogP contribution in [0.15, 0.2) is 91.0 Å². The van der Waals surface area contributed by atoms with E-state index in [0.717, 1.165) is 29.7 Å². The third-order valence-corrected chi connectivity index (χ3v) is 8.44. The molecule has 1 aliphatic heterocycles. The third kappa shape index (κ3) is 3.45. The van der Waals surface area contributed by atoms with Gasteiger partial charge >= 0.3 is 0 Å². The molecule has 1 heteroatoms. The lowest BCUT2D eigenvalue weighted by molar-refractivity contribution is 0.163. The van der Waals surface area contributed by atoms with Gasteiger partial charge in [0.25, 0.3) is 0 Å². The zero-order valence-electron chi connectivity index (χ0n) is 22.6. The van der Waals surface area contributed by atoms with Crippen molar-refractivity contribution in [3.05, 3.63) is 141 Å². The van der Waals surface area contributed by atoms with Gasteiger partial charge in [0.05, 0.1) is 0 Å². The molecule has 186 valence electrons. The summed E-state index contributed by atoms with van der Waals surface area (Å²) in [4.78, 5) is 0. The Kier molecular flexibility index (Phi) is 5.13. The van der Waals surface area contributed by atoms with Crippen LogP contribution in [0, 0.1) is 27.7 Å². The minimum Gasteiger partial charge on any atom is -0.472 e. The summed E-state index contributed by atoms with van der Waals surface area (Å²) >= 11 is 0. The molecule has 0 saturated carbocycles. The van der Waals surface area contributed by atoms with Gasteiger partial charge in [-0.3, -0.25) is 0 Å². The Morgan fingerprint density at radius 1 is 0.605 bits per heavy atom. The maximum atomic E-state index is 7.33. The number of hydrogen-bond donors (Lipinski definition) is 0. The van der Waals surface area contributed by atoms with Crippen LogP contribution in [0.3, 0.4) is 0 Å². The first-order valence-corrected chi connectivity index (χ1v) is 13.6. The SMILES string of the molecule is Cc1ccc(C2(c3ccc(C)cc3)C=Cc3c4c(c5ccc(C)cc5c3O2)-c2ccc(C)cc2CC4)cc1. The van der Waals surface area contributed by atoms with Crippen LogP contribution in [-0.4, -0.2) is 0 Å². The highest BCUT2D eigenvalue weighted by atomic mass is 16.5. The standard InChI is InChI=1S/C37H32O/c1-23-5-12-28(13-6-23)37(29-14-7-24(2)8-15-29)20-19-33-31-18-11-27-21-25(3)9-16-30(27)35(31)32-17-10-26(4)22-34(32)36(33)38-37/h5-10,12-17,19-22H,11,18H2,1-4H3. The Hall–Kier alpha value is -4.10. The summed E-state index contributed by atoms with van der Waals surface area (Å²) < 4.78 is 7.33. The first-order valence-electron chi connectivity index (χ1n) is 13.6. The van der Waals surface area contributed by atoms with Gasteiger partial charge in [0, 0.05) is 22.1 Å². The maximum absolute atomic E-state index is 7.33.